The van der Waals surface area contributed by atoms with Gasteiger partial charge < -0.3 is 18.7 Å². The van der Waals surface area contributed by atoms with E-state index in [-0.39, 0.29) is 19.1 Å². The van der Waals surface area contributed by atoms with Crippen LogP contribution in [0.1, 0.15) is 11.5 Å². The second-order valence-corrected chi connectivity index (χ2v) is 5.45. The molecule has 2 aromatic carbocycles. The molecule has 0 saturated heterocycles. The Labute approximate surface area is 150 Å². The first kappa shape index (κ1) is 17.5. The lowest BCUT2D eigenvalue weighted by Gasteiger charge is -2.06. The molecular formula is C19H18N2O5. The monoisotopic (exact) mass is 354 g/mol. The zero-order chi connectivity index (χ0) is 18.4. The average Bonchev–Trinajstić information content (AvgIpc) is 3.14. The highest BCUT2D eigenvalue weighted by molar-refractivity contribution is 5.71. The van der Waals surface area contributed by atoms with Crippen LogP contribution in [0.4, 0.5) is 0 Å². The van der Waals surface area contributed by atoms with Gasteiger partial charge in [-0.1, -0.05) is 29.4 Å². The third-order valence-electron chi connectivity index (χ3n) is 3.63. The normalized spacial score (nSPS) is 10.4. The summed E-state index contributed by atoms with van der Waals surface area (Å²) in [5.74, 6) is 1.41. The molecule has 3 rings (SSSR count). The van der Waals surface area contributed by atoms with Crippen LogP contribution >= 0.6 is 0 Å². The maximum absolute atomic E-state index is 11.8. The van der Waals surface area contributed by atoms with Crippen LogP contribution in [0.3, 0.4) is 0 Å². The number of benzene rings is 2. The fourth-order valence-electron chi connectivity index (χ4n) is 2.24. The first-order chi connectivity index (χ1) is 12.7. The van der Waals surface area contributed by atoms with Gasteiger partial charge in [0.25, 0.3) is 5.89 Å². The largest absolute Gasteiger partial charge is 0.497 e. The molecule has 0 amide bonds. The van der Waals surface area contributed by atoms with Crippen LogP contribution in [0.2, 0.25) is 0 Å². The van der Waals surface area contributed by atoms with Crippen LogP contribution in [0, 0.1) is 6.92 Å². The van der Waals surface area contributed by atoms with E-state index in [9.17, 15) is 4.79 Å². The number of aryl methyl sites for hydroxylation is 1. The first-order valence-electron chi connectivity index (χ1n) is 7.97. The molecule has 0 unspecified atom stereocenters. The molecule has 0 spiro atoms. The smallest absolute Gasteiger partial charge is 0.344 e. The van der Waals surface area contributed by atoms with Gasteiger partial charge in [-0.2, -0.15) is 4.98 Å². The minimum absolute atomic E-state index is 0.107. The molecule has 0 bridgehead atoms. The van der Waals surface area contributed by atoms with Crippen molar-refractivity contribution >= 4 is 5.97 Å². The number of aromatic nitrogens is 2. The summed E-state index contributed by atoms with van der Waals surface area (Å²) in [4.78, 5) is 16.0. The van der Waals surface area contributed by atoms with Crippen molar-refractivity contribution in [3.8, 4) is 22.9 Å². The number of ether oxygens (including phenoxy) is 3. The van der Waals surface area contributed by atoms with Gasteiger partial charge in [-0.15, -0.1) is 0 Å². The molecule has 7 heteroatoms. The van der Waals surface area contributed by atoms with Gasteiger partial charge in [0.05, 0.1) is 7.11 Å². The quantitative estimate of drug-likeness (QED) is 0.603. The van der Waals surface area contributed by atoms with E-state index < -0.39 is 5.97 Å². The highest BCUT2D eigenvalue weighted by atomic mass is 16.6. The summed E-state index contributed by atoms with van der Waals surface area (Å²) in [6.07, 6.45) is 0. The highest BCUT2D eigenvalue weighted by Gasteiger charge is 2.12. The summed E-state index contributed by atoms with van der Waals surface area (Å²) in [5.41, 5.74) is 1.90. The summed E-state index contributed by atoms with van der Waals surface area (Å²) >= 11 is 0. The Morgan fingerprint density at radius 2 is 1.81 bits per heavy atom. The first-order valence-corrected chi connectivity index (χ1v) is 7.97. The molecule has 0 aliphatic carbocycles. The molecule has 1 aromatic heterocycles. The van der Waals surface area contributed by atoms with Gasteiger partial charge in [-0.25, -0.2) is 4.79 Å². The summed E-state index contributed by atoms with van der Waals surface area (Å²) in [6.45, 7) is 1.64. The lowest BCUT2D eigenvalue weighted by atomic mass is 10.1. The Morgan fingerprint density at radius 1 is 1.08 bits per heavy atom. The summed E-state index contributed by atoms with van der Waals surface area (Å²) < 4.78 is 20.6. The minimum Gasteiger partial charge on any atom is -0.497 e. The Kier molecular flexibility index (Phi) is 5.48. The molecule has 0 atom stereocenters. The number of rotatable bonds is 7. The second-order valence-electron chi connectivity index (χ2n) is 5.45. The van der Waals surface area contributed by atoms with Gasteiger partial charge in [0.1, 0.15) is 11.5 Å². The topological polar surface area (TPSA) is 83.7 Å². The van der Waals surface area contributed by atoms with Crippen LogP contribution in [0.5, 0.6) is 11.5 Å². The van der Waals surface area contributed by atoms with E-state index in [1.807, 2.05) is 31.2 Å². The van der Waals surface area contributed by atoms with Crippen LogP contribution in [0.15, 0.2) is 53.1 Å². The second kappa shape index (κ2) is 8.15. The van der Waals surface area contributed by atoms with E-state index in [1.54, 1.807) is 31.4 Å². The highest BCUT2D eigenvalue weighted by Crippen LogP contribution is 2.20. The average molecular weight is 354 g/mol. The lowest BCUT2D eigenvalue weighted by Crippen LogP contribution is -2.14. The van der Waals surface area contributed by atoms with Crippen molar-refractivity contribution in [2.24, 2.45) is 0 Å². The molecule has 26 heavy (non-hydrogen) atoms. The van der Waals surface area contributed by atoms with Gasteiger partial charge in [0.2, 0.25) is 5.82 Å². The van der Waals surface area contributed by atoms with Crippen LogP contribution in [-0.4, -0.2) is 29.8 Å². The Bertz CT molecular complexity index is 874. The Hall–Kier alpha value is -3.35. The molecule has 0 aliphatic heterocycles. The maximum atomic E-state index is 11.8. The number of esters is 1. The van der Waals surface area contributed by atoms with Crippen LogP contribution in [-0.2, 0) is 16.1 Å². The SMILES string of the molecule is COc1ccc(OCC(=O)OCc2nc(-c3ccccc3C)no2)cc1. The number of carbonyl (C=O) groups is 1. The summed E-state index contributed by atoms with van der Waals surface area (Å²) in [6, 6.07) is 14.6. The molecule has 0 aliphatic rings. The zero-order valence-corrected chi connectivity index (χ0v) is 14.5. The van der Waals surface area contributed by atoms with Gasteiger partial charge in [-0.05, 0) is 36.8 Å². The number of nitrogens with zero attached hydrogens (tertiary/aromatic N) is 2. The standard InChI is InChI=1S/C19H18N2O5/c1-13-5-3-4-6-16(13)19-20-17(26-21-19)11-25-18(22)12-24-15-9-7-14(23-2)8-10-15/h3-10H,11-12H2,1-2H3. The number of carbonyl (C=O) groups excluding carboxylic acids is 1. The van der Waals surface area contributed by atoms with Gasteiger partial charge in [0, 0.05) is 5.56 Å². The predicted octanol–water partition coefficient (Wildman–Crippen LogP) is 3.18. The van der Waals surface area contributed by atoms with E-state index in [1.165, 1.54) is 0 Å². The van der Waals surface area contributed by atoms with Crippen LogP contribution < -0.4 is 9.47 Å². The minimum atomic E-state index is -0.531. The van der Waals surface area contributed by atoms with E-state index in [4.69, 9.17) is 18.7 Å². The van der Waals surface area contributed by atoms with Crippen LogP contribution in [0.25, 0.3) is 11.4 Å². The molecule has 0 fully saturated rings. The maximum Gasteiger partial charge on any atom is 0.344 e. The Balaban J connectivity index is 1.49. The van der Waals surface area contributed by atoms with E-state index >= 15 is 0 Å². The summed E-state index contributed by atoms with van der Waals surface area (Å²) in [7, 11) is 1.58. The molecule has 0 N–H and O–H groups in total. The summed E-state index contributed by atoms with van der Waals surface area (Å²) in [5, 5.41) is 3.91. The van der Waals surface area contributed by atoms with Gasteiger partial charge in [-0.3, -0.25) is 0 Å². The van der Waals surface area contributed by atoms with Crippen molar-refractivity contribution < 1.29 is 23.5 Å². The zero-order valence-electron chi connectivity index (χ0n) is 14.5. The van der Waals surface area contributed by atoms with E-state index in [0.717, 1.165) is 11.1 Å². The van der Waals surface area contributed by atoms with Crippen molar-refractivity contribution in [3.63, 3.8) is 0 Å². The Morgan fingerprint density at radius 3 is 2.54 bits per heavy atom. The van der Waals surface area contributed by atoms with Crippen molar-refractivity contribution in [1.29, 1.82) is 0 Å². The van der Waals surface area contributed by atoms with Crippen molar-refractivity contribution in [2.45, 2.75) is 13.5 Å². The predicted molar refractivity (Wildman–Crippen MR) is 92.8 cm³/mol. The number of hydrogen-bond donors (Lipinski definition) is 0. The number of methoxy groups -OCH3 is 1. The fraction of sp³-hybridized carbons (Fsp3) is 0.211. The van der Waals surface area contributed by atoms with Gasteiger partial charge in [0.15, 0.2) is 13.2 Å². The molecule has 134 valence electrons. The number of hydrogen-bond acceptors (Lipinski definition) is 7. The third kappa shape index (κ3) is 4.38. The molecule has 0 saturated carbocycles. The van der Waals surface area contributed by atoms with E-state index in [2.05, 4.69) is 10.1 Å². The lowest BCUT2D eigenvalue weighted by molar-refractivity contribution is -0.148. The molecule has 3 aromatic rings. The van der Waals surface area contributed by atoms with Crippen molar-refractivity contribution in [1.82, 2.24) is 10.1 Å². The van der Waals surface area contributed by atoms with E-state index in [0.29, 0.717) is 17.3 Å². The third-order valence-corrected chi connectivity index (χ3v) is 3.63. The molecule has 1 heterocycles. The van der Waals surface area contributed by atoms with Crippen molar-refractivity contribution in [2.75, 3.05) is 13.7 Å². The van der Waals surface area contributed by atoms with Crippen molar-refractivity contribution in [3.05, 3.63) is 60.0 Å². The molecule has 7 nitrogen and oxygen atoms in total. The van der Waals surface area contributed by atoms with Gasteiger partial charge >= 0.3 is 5.97 Å². The molecular weight excluding hydrogens is 336 g/mol. The fourth-order valence-corrected chi connectivity index (χ4v) is 2.24. The molecule has 0 radical (unpaired) electrons.